The first-order chi connectivity index (χ1) is 7.88. The molecule has 0 saturated carbocycles. The van der Waals surface area contributed by atoms with Gasteiger partial charge in [0.1, 0.15) is 12.1 Å². The number of halogens is 1. The van der Waals surface area contributed by atoms with Crippen LogP contribution in [0.1, 0.15) is 18.7 Å². The van der Waals surface area contributed by atoms with Crippen LogP contribution in [0.25, 0.3) is 0 Å². The first kappa shape index (κ1) is 12.6. The van der Waals surface area contributed by atoms with Crippen LogP contribution in [0.2, 0.25) is 0 Å². The van der Waals surface area contributed by atoms with Gasteiger partial charge in [0, 0.05) is 4.88 Å². The molecule has 2 rings (SSSR count). The Bertz CT molecular complexity index is 470. The molecule has 0 atom stereocenters. The number of nitrogens with zero attached hydrogens (tertiary/aromatic N) is 1. The quantitative estimate of drug-likeness (QED) is 0.903. The number of hydrogen-bond donors (Lipinski definition) is 1. The minimum Gasteiger partial charge on any atom is -0.341 e. The second-order valence-corrected chi connectivity index (χ2v) is 7.09. The molecule has 0 spiro atoms. The highest BCUT2D eigenvalue weighted by molar-refractivity contribution is 9.11. The number of carbonyl (C=O) groups excluding carboxylic acids is 2. The predicted molar refractivity (Wildman–Crippen MR) is 69.7 cm³/mol. The van der Waals surface area contributed by atoms with Crippen molar-refractivity contribution in [3.8, 4) is 0 Å². The fourth-order valence-electron chi connectivity index (χ4n) is 1.83. The van der Waals surface area contributed by atoms with Crippen LogP contribution in [0.5, 0.6) is 0 Å². The summed E-state index contributed by atoms with van der Waals surface area (Å²) < 4.78 is 1.03. The van der Waals surface area contributed by atoms with E-state index in [-0.39, 0.29) is 18.4 Å². The van der Waals surface area contributed by atoms with E-state index >= 15 is 0 Å². The molecule has 0 radical (unpaired) electrons. The van der Waals surface area contributed by atoms with Gasteiger partial charge in [0.25, 0.3) is 0 Å². The van der Waals surface area contributed by atoms with Gasteiger partial charge in [0.15, 0.2) is 0 Å². The van der Waals surface area contributed by atoms with Crippen molar-refractivity contribution in [3.05, 3.63) is 20.8 Å². The Hall–Kier alpha value is -0.880. The molecule has 2 amide bonds. The van der Waals surface area contributed by atoms with E-state index in [1.807, 2.05) is 12.1 Å². The van der Waals surface area contributed by atoms with Crippen LogP contribution in [-0.4, -0.2) is 28.8 Å². The summed E-state index contributed by atoms with van der Waals surface area (Å²) in [5.74, 6) is -0.146. The van der Waals surface area contributed by atoms with Crippen LogP contribution < -0.4 is 5.32 Å². The lowest BCUT2D eigenvalue weighted by molar-refractivity contribution is -0.148. The topological polar surface area (TPSA) is 49.4 Å². The van der Waals surface area contributed by atoms with Crippen LogP contribution in [0.4, 0.5) is 0 Å². The number of carbonyl (C=O) groups is 2. The van der Waals surface area contributed by atoms with Crippen molar-refractivity contribution in [2.24, 2.45) is 0 Å². The Morgan fingerprint density at radius 3 is 2.76 bits per heavy atom. The van der Waals surface area contributed by atoms with Crippen molar-refractivity contribution >= 4 is 39.1 Å². The Morgan fingerprint density at radius 2 is 2.18 bits per heavy atom. The minimum absolute atomic E-state index is 0.0402. The van der Waals surface area contributed by atoms with Crippen LogP contribution in [-0.2, 0) is 16.1 Å². The molecular weight excluding hydrogens is 304 g/mol. The van der Waals surface area contributed by atoms with Crippen LogP contribution in [0, 0.1) is 0 Å². The van der Waals surface area contributed by atoms with Gasteiger partial charge < -0.3 is 10.2 Å². The van der Waals surface area contributed by atoms with Crippen LogP contribution in [0.3, 0.4) is 0 Å². The van der Waals surface area contributed by atoms with E-state index in [1.165, 1.54) is 0 Å². The second kappa shape index (κ2) is 4.42. The zero-order valence-corrected chi connectivity index (χ0v) is 12.0. The highest BCUT2D eigenvalue weighted by Gasteiger charge is 2.38. The van der Waals surface area contributed by atoms with Gasteiger partial charge in [-0.2, -0.15) is 0 Å². The predicted octanol–water partition coefficient (Wildman–Crippen LogP) is 1.75. The van der Waals surface area contributed by atoms with E-state index in [1.54, 1.807) is 30.1 Å². The number of amides is 2. The summed E-state index contributed by atoms with van der Waals surface area (Å²) in [6.07, 6.45) is 0. The third-order valence-corrected chi connectivity index (χ3v) is 4.19. The molecule has 1 N–H and O–H groups in total. The van der Waals surface area contributed by atoms with E-state index in [2.05, 4.69) is 21.2 Å². The summed E-state index contributed by atoms with van der Waals surface area (Å²) in [6, 6.07) is 3.90. The van der Waals surface area contributed by atoms with E-state index < -0.39 is 5.54 Å². The molecule has 1 fully saturated rings. The molecule has 92 valence electrons. The third-order valence-electron chi connectivity index (χ3n) is 2.58. The highest BCUT2D eigenvalue weighted by Crippen LogP contribution is 2.24. The molecule has 17 heavy (non-hydrogen) atoms. The number of hydrogen-bond acceptors (Lipinski definition) is 3. The minimum atomic E-state index is -0.802. The van der Waals surface area contributed by atoms with Gasteiger partial charge in [-0.25, -0.2) is 0 Å². The van der Waals surface area contributed by atoms with Gasteiger partial charge >= 0.3 is 0 Å². The van der Waals surface area contributed by atoms with Gasteiger partial charge in [0.05, 0.1) is 10.3 Å². The molecular formula is C11H13BrN2O2S. The van der Waals surface area contributed by atoms with E-state index in [9.17, 15) is 9.59 Å². The molecule has 1 aliphatic rings. The molecule has 1 saturated heterocycles. The first-order valence-electron chi connectivity index (χ1n) is 5.23. The Balaban J connectivity index is 2.15. The Labute approximate surface area is 112 Å². The summed E-state index contributed by atoms with van der Waals surface area (Å²) in [7, 11) is 0. The number of thiophene rings is 1. The molecule has 0 bridgehead atoms. The zero-order chi connectivity index (χ0) is 12.6. The molecule has 1 aliphatic heterocycles. The van der Waals surface area contributed by atoms with E-state index in [0.717, 1.165) is 8.66 Å². The third kappa shape index (κ3) is 2.69. The molecule has 4 nitrogen and oxygen atoms in total. The molecule has 6 heteroatoms. The van der Waals surface area contributed by atoms with Gasteiger partial charge in [-0.1, -0.05) is 0 Å². The van der Waals surface area contributed by atoms with Crippen molar-refractivity contribution in [2.45, 2.75) is 25.9 Å². The molecule has 0 unspecified atom stereocenters. The summed E-state index contributed by atoms with van der Waals surface area (Å²) >= 11 is 4.96. The number of piperazine rings is 1. The lowest BCUT2D eigenvalue weighted by Crippen LogP contribution is -2.63. The maximum absolute atomic E-state index is 12.1. The van der Waals surface area contributed by atoms with Gasteiger partial charge in [-0.05, 0) is 41.9 Å². The van der Waals surface area contributed by atoms with E-state index in [4.69, 9.17) is 0 Å². The summed E-state index contributed by atoms with van der Waals surface area (Å²) in [4.78, 5) is 26.3. The van der Waals surface area contributed by atoms with E-state index in [0.29, 0.717) is 6.54 Å². The zero-order valence-electron chi connectivity index (χ0n) is 9.62. The first-order valence-corrected chi connectivity index (χ1v) is 6.84. The van der Waals surface area contributed by atoms with Gasteiger partial charge in [-0.15, -0.1) is 11.3 Å². The van der Waals surface area contributed by atoms with Crippen LogP contribution >= 0.6 is 27.3 Å². The fourth-order valence-corrected chi connectivity index (χ4v) is 3.33. The van der Waals surface area contributed by atoms with Crippen molar-refractivity contribution in [3.63, 3.8) is 0 Å². The van der Waals surface area contributed by atoms with Crippen molar-refractivity contribution < 1.29 is 9.59 Å². The summed E-state index contributed by atoms with van der Waals surface area (Å²) in [5.41, 5.74) is -0.802. The van der Waals surface area contributed by atoms with Crippen molar-refractivity contribution in [1.29, 1.82) is 0 Å². The molecule has 1 aromatic rings. The summed E-state index contributed by atoms with van der Waals surface area (Å²) in [5, 5.41) is 2.69. The standard InChI is InChI=1S/C11H13BrN2O2S/c1-11(2)10(16)14(6-9(15)13-11)5-7-3-4-8(12)17-7/h3-4H,5-6H2,1-2H3,(H,13,15). The maximum Gasteiger partial charge on any atom is 0.248 e. The monoisotopic (exact) mass is 316 g/mol. The normalized spacial score (nSPS) is 19.4. The fraction of sp³-hybridized carbons (Fsp3) is 0.455. The average molecular weight is 317 g/mol. The number of nitrogens with one attached hydrogen (secondary N) is 1. The molecule has 1 aromatic heterocycles. The van der Waals surface area contributed by atoms with Crippen molar-refractivity contribution in [2.75, 3.05) is 6.54 Å². The molecule has 0 aliphatic carbocycles. The number of rotatable bonds is 2. The lowest BCUT2D eigenvalue weighted by Gasteiger charge is -2.37. The smallest absolute Gasteiger partial charge is 0.248 e. The van der Waals surface area contributed by atoms with Gasteiger partial charge in [-0.3, -0.25) is 9.59 Å². The van der Waals surface area contributed by atoms with Crippen molar-refractivity contribution in [1.82, 2.24) is 10.2 Å². The largest absolute Gasteiger partial charge is 0.341 e. The van der Waals surface area contributed by atoms with Gasteiger partial charge in [0.2, 0.25) is 11.8 Å². The average Bonchev–Trinajstić information content (AvgIpc) is 2.59. The van der Waals surface area contributed by atoms with Crippen LogP contribution in [0.15, 0.2) is 15.9 Å². The molecule has 2 heterocycles. The SMILES string of the molecule is CC1(C)NC(=O)CN(Cc2ccc(Br)s2)C1=O. The second-order valence-electron chi connectivity index (χ2n) is 4.54. The Morgan fingerprint density at radius 1 is 1.47 bits per heavy atom. The molecule has 0 aromatic carbocycles. The summed E-state index contributed by atoms with van der Waals surface area (Å²) in [6.45, 7) is 4.08. The lowest BCUT2D eigenvalue weighted by atomic mass is 10.0. The Kier molecular flexibility index (Phi) is 3.27. The highest BCUT2D eigenvalue weighted by atomic mass is 79.9. The maximum atomic E-state index is 12.1.